The fraction of sp³-hybridized carbons (Fsp3) is 0.357. The molecule has 7 nitrogen and oxygen atoms in total. The maximum absolute atomic E-state index is 11.7. The van der Waals surface area contributed by atoms with Crippen molar-refractivity contribution in [2.45, 2.75) is 19.6 Å². The lowest BCUT2D eigenvalue weighted by Gasteiger charge is -2.18. The van der Waals surface area contributed by atoms with Crippen LogP contribution in [0.5, 0.6) is 0 Å². The van der Waals surface area contributed by atoms with Crippen LogP contribution in [-0.4, -0.2) is 42.4 Å². The maximum atomic E-state index is 11.7. The molecule has 3 amide bonds. The van der Waals surface area contributed by atoms with Crippen molar-refractivity contribution < 1.29 is 19.1 Å². The summed E-state index contributed by atoms with van der Waals surface area (Å²) in [6.45, 7) is 1.38. The van der Waals surface area contributed by atoms with Crippen molar-refractivity contribution in [1.29, 1.82) is 0 Å². The topological polar surface area (TPSA) is 102 Å². The summed E-state index contributed by atoms with van der Waals surface area (Å²) >= 11 is 0. The third-order valence-electron chi connectivity index (χ3n) is 2.70. The number of nitrogens with zero attached hydrogens (tertiary/aromatic N) is 1. The monoisotopic (exact) mass is 293 g/mol. The van der Waals surface area contributed by atoms with Gasteiger partial charge in [0.15, 0.2) is 0 Å². The summed E-state index contributed by atoms with van der Waals surface area (Å²) in [5.41, 5.74) is 5.88. The van der Waals surface area contributed by atoms with Gasteiger partial charge in [-0.05, 0) is 12.5 Å². The molecule has 0 spiro atoms. The Morgan fingerprint density at radius 3 is 2.48 bits per heavy atom. The predicted molar refractivity (Wildman–Crippen MR) is 76.1 cm³/mol. The Morgan fingerprint density at radius 2 is 1.90 bits per heavy atom. The molecule has 0 aliphatic heterocycles. The third kappa shape index (κ3) is 5.94. The van der Waals surface area contributed by atoms with Gasteiger partial charge < -0.3 is 20.7 Å². The Balaban J connectivity index is 2.37. The molecule has 1 rings (SSSR count). The van der Waals surface area contributed by atoms with Crippen LogP contribution in [-0.2, 0) is 20.9 Å². The quantitative estimate of drug-likeness (QED) is 0.784. The van der Waals surface area contributed by atoms with Crippen LogP contribution in [0.1, 0.15) is 12.5 Å². The largest absolute Gasteiger partial charge is 0.445 e. The van der Waals surface area contributed by atoms with Crippen LogP contribution in [0, 0.1) is 0 Å². The number of likely N-dealkylation sites (N-methyl/N-ethyl adjacent to an activating group) is 1. The van der Waals surface area contributed by atoms with E-state index >= 15 is 0 Å². The van der Waals surface area contributed by atoms with Gasteiger partial charge in [-0.1, -0.05) is 30.3 Å². The molecule has 0 saturated carbocycles. The lowest BCUT2D eigenvalue weighted by atomic mass is 10.2. The van der Waals surface area contributed by atoms with Crippen LogP contribution in [0.2, 0.25) is 0 Å². The van der Waals surface area contributed by atoms with Gasteiger partial charge in [-0.25, -0.2) is 4.79 Å². The maximum Gasteiger partial charge on any atom is 0.410 e. The van der Waals surface area contributed by atoms with Gasteiger partial charge in [0.2, 0.25) is 11.8 Å². The molecule has 1 atom stereocenters. The number of hydrogen-bond donors (Lipinski definition) is 2. The number of rotatable bonds is 6. The molecule has 0 aromatic heterocycles. The van der Waals surface area contributed by atoms with Gasteiger partial charge >= 0.3 is 6.09 Å². The van der Waals surface area contributed by atoms with Crippen molar-refractivity contribution in [3.8, 4) is 0 Å². The molecular formula is C14H19N3O4. The summed E-state index contributed by atoms with van der Waals surface area (Å²) in [5.74, 6) is -1.13. The molecule has 0 aliphatic rings. The Kier molecular flexibility index (Phi) is 6.19. The van der Waals surface area contributed by atoms with E-state index in [1.54, 1.807) is 0 Å². The van der Waals surface area contributed by atoms with E-state index in [4.69, 9.17) is 10.5 Å². The van der Waals surface area contributed by atoms with Crippen LogP contribution in [0.3, 0.4) is 0 Å². The number of amides is 3. The van der Waals surface area contributed by atoms with E-state index in [0.717, 1.165) is 10.5 Å². The van der Waals surface area contributed by atoms with Crippen LogP contribution in [0.25, 0.3) is 0 Å². The minimum absolute atomic E-state index is 0.128. The fourth-order valence-electron chi connectivity index (χ4n) is 1.47. The zero-order chi connectivity index (χ0) is 15.8. The van der Waals surface area contributed by atoms with E-state index in [-0.39, 0.29) is 13.2 Å². The van der Waals surface area contributed by atoms with E-state index < -0.39 is 23.9 Å². The van der Waals surface area contributed by atoms with Crippen molar-refractivity contribution in [3.63, 3.8) is 0 Å². The van der Waals surface area contributed by atoms with Gasteiger partial charge in [0.1, 0.15) is 19.2 Å². The van der Waals surface area contributed by atoms with Gasteiger partial charge in [0.25, 0.3) is 0 Å². The Morgan fingerprint density at radius 1 is 1.29 bits per heavy atom. The second-order valence-corrected chi connectivity index (χ2v) is 4.59. The molecule has 0 heterocycles. The minimum Gasteiger partial charge on any atom is -0.445 e. The van der Waals surface area contributed by atoms with Crippen molar-refractivity contribution in [3.05, 3.63) is 35.9 Å². The summed E-state index contributed by atoms with van der Waals surface area (Å²) in [4.78, 5) is 35.2. The second-order valence-electron chi connectivity index (χ2n) is 4.59. The number of ether oxygens (including phenoxy) is 1. The molecule has 114 valence electrons. The molecule has 0 radical (unpaired) electrons. The van der Waals surface area contributed by atoms with E-state index in [0.29, 0.717) is 0 Å². The van der Waals surface area contributed by atoms with E-state index in [1.165, 1.54) is 14.0 Å². The van der Waals surface area contributed by atoms with Crippen LogP contribution < -0.4 is 11.1 Å². The molecule has 1 aromatic carbocycles. The number of carbonyl (C=O) groups is 3. The highest BCUT2D eigenvalue weighted by molar-refractivity contribution is 5.88. The molecule has 1 aromatic rings. The molecule has 0 fully saturated rings. The molecule has 0 bridgehead atoms. The Hall–Kier alpha value is -2.57. The van der Waals surface area contributed by atoms with Crippen LogP contribution in [0.4, 0.5) is 4.79 Å². The second kappa shape index (κ2) is 7.88. The highest BCUT2D eigenvalue weighted by Gasteiger charge is 2.17. The summed E-state index contributed by atoms with van der Waals surface area (Å²) in [6.07, 6.45) is -0.624. The Labute approximate surface area is 123 Å². The number of carbonyl (C=O) groups excluding carboxylic acids is 3. The van der Waals surface area contributed by atoms with Gasteiger partial charge in [0, 0.05) is 7.05 Å². The Bertz CT molecular complexity index is 504. The first-order chi connectivity index (χ1) is 9.90. The van der Waals surface area contributed by atoms with Crippen LogP contribution >= 0.6 is 0 Å². The predicted octanol–water partition coefficient (Wildman–Crippen LogP) is 0.245. The average molecular weight is 293 g/mol. The number of nitrogens with one attached hydrogen (secondary N) is 1. The van der Waals surface area contributed by atoms with Crippen molar-refractivity contribution in [2.75, 3.05) is 13.6 Å². The lowest BCUT2D eigenvalue weighted by Crippen LogP contribution is -2.46. The number of nitrogens with two attached hydrogens (primary N) is 1. The van der Waals surface area contributed by atoms with E-state index in [9.17, 15) is 14.4 Å². The summed E-state index contributed by atoms with van der Waals surface area (Å²) < 4.78 is 5.06. The molecule has 7 heteroatoms. The van der Waals surface area contributed by atoms with Gasteiger partial charge in [-0.2, -0.15) is 0 Å². The normalized spacial score (nSPS) is 11.3. The number of hydrogen-bond acceptors (Lipinski definition) is 4. The van der Waals surface area contributed by atoms with Crippen molar-refractivity contribution in [2.24, 2.45) is 5.73 Å². The smallest absolute Gasteiger partial charge is 0.410 e. The average Bonchev–Trinajstić information content (AvgIpc) is 2.45. The molecule has 1 unspecified atom stereocenters. The highest BCUT2D eigenvalue weighted by Crippen LogP contribution is 2.02. The molecule has 21 heavy (non-hydrogen) atoms. The van der Waals surface area contributed by atoms with Crippen molar-refractivity contribution >= 4 is 17.9 Å². The highest BCUT2D eigenvalue weighted by atomic mass is 16.6. The standard InChI is InChI=1S/C14H19N3O4/c1-10(13(15)19)16-12(18)8-17(2)14(20)21-9-11-6-4-3-5-7-11/h3-7,10H,8-9H2,1-2H3,(H2,15,19)(H,16,18). The van der Waals surface area contributed by atoms with Gasteiger partial charge in [-0.3, -0.25) is 9.59 Å². The first kappa shape index (κ1) is 16.5. The summed E-state index contributed by atoms with van der Waals surface area (Å²) in [5, 5.41) is 2.38. The lowest BCUT2D eigenvalue weighted by molar-refractivity contribution is -0.127. The van der Waals surface area contributed by atoms with E-state index in [1.807, 2.05) is 30.3 Å². The van der Waals surface area contributed by atoms with Gasteiger partial charge in [-0.15, -0.1) is 0 Å². The molecular weight excluding hydrogens is 274 g/mol. The number of benzene rings is 1. The molecule has 3 N–H and O–H groups in total. The minimum atomic E-state index is -0.786. The zero-order valence-electron chi connectivity index (χ0n) is 12.0. The van der Waals surface area contributed by atoms with Crippen molar-refractivity contribution in [1.82, 2.24) is 10.2 Å². The third-order valence-corrected chi connectivity index (χ3v) is 2.70. The van der Waals surface area contributed by atoms with Gasteiger partial charge in [0.05, 0.1) is 0 Å². The molecule has 0 aliphatic carbocycles. The van der Waals surface area contributed by atoms with E-state index in [2.05, 4.69) is 5.32 Å². The fourth-order valence-corrected chi connectivity index (χ4v) is 1.47. The SMILES string of the molecule is CC(NC(=O)CN(C)C(=O)OCc1ccccc1)C(N)=O. The first-order valence-corrected chi connectivity index (χ1v) is 6.40. The zero-order valence-corrected chi connectivity index (χ0v) is 12.0. The summed E-state index contributed by atoms with van der Waals surface area (Å²) in [6, 6.07) is 8.41. The summed E-state index contributed by atoms with van der Waals surface area (Å²) in [7, 11) is 1.43. The first-order valence-electron chi connectivity index (χ1n) is 6.40. The number of primary amides is 1. The van der Waals surface area contributed by atoms with Crippen LogP contribution in [0.15, 0.2) is 30.3 Å². The molecule has 0 saturated heterocycles.